The minimum absolute atomic E-state index is 0. The van der Waals surface area contributed by atoms with Crippen LogP contribution in [0.2, 0.25) is 0 Å². The molecule has 4 nitrogen and oxygen atoms in total. The monoisotopic (exact) mass is 413 g/mol. The summed E-state index contributed by atoms with van der Waals surface area (Å²) < 4.78 is 0. The van der Waals surface area contributed by atoms with Crippen LogP contribution in [0.3, 0.4) is 0 Å². The third kappa shape index (κ3) is 5.75. The van der Waals surface area contributed by atoms with E-state index >= 15 is 0 Å². The lowest BCUT2D eigenvalue weighted by Crippen LogP contribution is -2.39. The molecule has 0 aliphatic carbocycles. The van der Waals surface area contributed by atoms with E-state index in [0.717, 1.165) is 31.6 Å². The molecule has 3 aliphatic rings. The number of anilines is 2. The molecule has 0 aromatic heterocycles. The van der Waals surface area contributed by atoms with Crippen LogP contribution >= 0.6 is 24.8 Å². The normalized spacial score (nSPS) is 27.1. The number of nitrogens with zero attached hydrogens (tertiary/aromatic N) is 1. The van der Waals surface area contributed by atoms with Crippen molar-refractivity contribution in [2.45, 2.75) is 69.9 Å². The summed E-state index contributed by atoms with van der Waals surface area (Å²) in [6.45, 7) is 2.20. The fourth-order valence-electron chi connectivity index (χ4n) is 4.97. The van der Waals surface area contributed by atoms with Crippen LogP contribution in [0.5, 0.6) is 0 Å². The molecule has 3 aliphatic heterocycles. The maximum absolute atomic E-state index is 12.7. The summed E-state index contributed by atoms with van der Waals surface area (Å²) in [6, 6.07) is 9.64. The Hall–Kier alpha value is -0.970. The van der Waals surface area contributed by atoms with Gasteiger partial charge in [-0.1, -0.05) is 25.0 Å². The maximum atomic E-state index is 12.7. The van der Waals surface area contributed by atoms with E-state index in [1.54, 1.807) is 0 Å². The molecule has 1 aromatic carbocycles. The van der Waals surface area contributed by atoms with Gasteiger partial charge in [0.25, 0.3) is 0 Å². The van der Waals surface area contributed by atoms with Gasteiger partial charge in [0.15, 0.2) is 0 Å². The van der Waals surface area contributed by atoms with Gasteiger partial charge in [0, 0.05) is 31.6 Å². The zero-order chi connectivity index (χ0) is 17.1. The molecule has 2 atom stereocenters. The van der Waals surface area contributed by atoms with Gasteiger partial charge in [-0.05, 0) is 56.6 Å². The first kappa shape index (κ1) is 22.3. The smallest absolute Gasteiger partial charge is 0.224 e. The van der Waals surface area contributed by atoms with E-state index in [4.69, 9.17) is 0 Å². The second-order valence-electron chi connectivity index (χ2n) is 8.15. The molecule has 2 N–H and O–H groups in total. The van der Waals surface area contributed by atoms with Crippen LogP contribution in [0.4, 0.5) is 11.4 Å². The lowest BCUT2D eigenvalue weighted by molar-refractivity contribution is -0.117. The number of amides is 1. The third-order valence-corrected chi connectivity index (χ3v) is 6.17. The number of benzene rings is 1. The molecule has 2 unspecified atom stereocenters. The minimum Gasteiger partial charge on any atom is -0.370 e. The highest BCUT2D eigenvalue weighted by molar-refractivity contribution is 5.94. The number of para-hydroxylation sites is 2. The summed E-state index contributed by atoms with van der Waals surface area (Å²) in [5.41, 5.74) is 2.19. The van der Waals surface area contributed by atoms with Crippen LogP contribution in [0.25, 0.3) is 0 Å². The largest absolute Gasteiger partial charge is 0.370 e. The molecule has 1 aromatic rings. The first-order valence-electron chi connectivity index (χ1n) is 10.2. The SMILES string of the molecule is Cl.Cl.O=C(CC1CC2CCC(C1)N2)Nc1ccccc1N1CCCCCC1. The molecule has 1 amide bonds. The van der Waals surface area contributed by atoms with Gasteiger partial charge >= 0.3 is 0 Å². The molecule has 27 heavy (non-hydrogen) atoms. The summed E-state index contributed by atoms with van der Waals surface area (Å²) in [4.78, 5) is 15.1. The fraction of sp³-hybridized carbons (Fsp3) is 0.667. The van der Waals surface area contributed by atoms with Crippen molar-refractivity contribution in [2.75, 3.05) is 23.3 Å². The number of carbonyl (C=O) groups is 1. The Labute approximate surface area is 175 Å². The van der Waals surface area contributed by atoms with Crippen molar-refractivity contribution in [1.29, 1.82) is 0 Å². The van der Waals surface area contributed by atoms with Crippen LogP contribution < -0.4 is 15.5 Å². The number of nitrogens with one attached hydrogen (secondary N) is 2. The molecule has 0 radical (unpaired) electrons. The average Bonchev–Trinajstić information content (AvgIpc) is 2.81. The van der Waals surface area contributed by atoms with Crippen LogP contribution in [0, 0.1) is 5.92 Å². The van der Waals surface area contributed by atoms with Crippen LogP contribution in [0.1, 0.15) is 57.8 Å². The zero-order valence-corrected chi connectivity index (χ0v) is 17.6. The fourth-order valence-corrected chi connectivity index (χ4v) is 4.97. The number of carbonyl (C=O) groups excluding carboxylic acids is 1. The molecule has 0 saturated carbocycles. The highest BCUT2D eigenvalue weighted by Crippen LogP contribution is 2.33. The minimum atomic E-state index is 0. The predicted octanol–water partition coefficient (Wildman–Crippen LogP) is 4.77. The summed E-state index contributed by atoms with van der Waals surface area (Å²) in [5.74, 6) is 0.734. The van der Waals surface area contributed by atoms with E-state index in [2.05, 4.69) is 33.7 Å². The summed E-state index contributed by atoms with van der Waals surface area (Å²) >= 11 is 0. The van der Waals surface area contributed by atoms with E-state index in [1.165, 1.54) is 44.2 Å². The van der Waals surface area contributed by atoms with Crippen molar-refractivity contribution in [2.24, 2.45) is 5.92 Å². The molecule has 6 heteroatoms. The van der Waals surface area contributed by atoms with Gasteiger partial charge in [-0.3, -0.25) is 4.79 Å². The Bertz CT molecular complexity index is 593. The number of piperidine rings is 1. The predicted molar refractivity (Wildman–Crippen MR) is 118 cm³/mol. The Morgan fingerprint density at radius 2 is 1.63 bits per heavy atom. The second kappa shape index (κ2) is 10.5. The molecule has 3 heterocycles. The molecule has 2 bridgehead atoms. The Kier molecular flexibility index (Phi) is 8.71. The molecular weight excluding hydrogens is 381 g/mol. The topological polar surface area (TPSA) is 44.4 Å². The Balaban J connectivity index is 0.00000131. The highest BCUT2D eigenvalue weighted by Gasteiger charge is 2.34. The van der Waals surface area contributed by atoms with Crippen molar-refractivity contribution in [3.63, 3.8) is 0 Å². The van der Waals surface area contributed by atoms with Crippen molar-refractivity contribution in [1.82, 2.24) is 5.32 Å². The van der Waals surface area contributed by atoms with Crippen molar-refractivity contribution < 1.29 is 4.79 Å². The maximum Gasteiger partial charge on any atom is 0.224 e. The number of hydrogen-bond donors (Lipinski definition) is 2. The number of hydrogen-bond acceptors (Lipinski definition) is 3. The quantitative estimate of drug-likeness (QED) is 0.746. The Morgan fingerprint density at radius 3 is 2.30 bits per heavy atom. The standard InChI is InChI=1S/C21H31N3O.2ClH/c25-21(15-16-13-17-9-10-18(14-16)22-17)23-19-7-3-4-8-20(19)24-11-5-1-2-6-12-24;;/h3-4,7-8,16-18,22H,1-2,5-6,9-15H2,(H,23,25);2*1H. The third-order valence-electron chi connectivity index (χ3n) is 6.17. The highest BCUT2D eigenvalue weighted by atomic mass is 35.5. The number of fused-ring (bicyclic) bond motifs is 2. The second-order valence-corrected chi connectivity index (χ2v) is 8.15. The molecular formula is C21H33Cl2N3O. The van der Waals surface area contributed by atoms with Crippen molar-refractivity contribution >= 4 is 42.1 Å². The molecule has 152 valence electrons. The van der Waals surface area contributed by atoms with E-state index < -0.39 is 0 Å². The Morgan fingerprint density at radius 1 is 1.00 bits per heavy atom. The summed E-state index contributed by atoms with van der Waals surface area (Å²) in [7, 11) is 0. The van der Waals surface area contributed by atoms with E-state index in [9.17, 15) is 4.79 Å². The summed E-state index contributed by atoms with van der Waals surface area (Å²) in [5, 5.41) is 6.89. The van der Waals surface area contributed by atoms with Gasteiger partial charge in [0.1, 0.15) is 0 Å². The van der Waals surface area contributed by atoms with Crippen LogP contribution in [-0.4, -0.2) is 31.1 Å². The van der Waals surface area contributed by atoms with Gasteiger partial charge in [-0.2, -0.15) is 0 Å². The van der Waals surface area contributed by atoms with Gasteiger partial charge in [-0.15, -0.1) is 24.8 Å². The lowest BCUT2D eigenvalue weighted by atomic mass is 9.89. The van der Waals surface area contributed by atoms with Gasteiger partial charge in [0.2, 0.25) is 5.91 Å². The first-order valence-corrected chi connectivity index (χ1v) is 10.2. The van der Waals surface area contributed by atoms with Crippen LogP contribution in [0.15, 0.2) is 24.3 Å². The van der Waals surface area contributed by atoms with E-state index in [0.29, 0.717) is 24.4 Å². The molecule has 0 spiro atoms. The van der Waals surface area contributed by atoms with Crippen molar-refractivity contribution in [3.8, 4) is 0 Å². The van der Waals surface area contributed by atoms with E-state index in [1.807, 2.05) is 6.07 Å². The van der Waals surface area contributed by atoms with Gasteiger partial charge < -0.3 is 15.5 Å². The number of halogens is 2. The molecule has 3 saturated heterocycles. The zero-order valence-electron chi connectivity index (χ0n) is 16.0. The van der Waals surface area contributed by atoms with Gasteiger partial charge in [0.05, 0.1) is 11.4 Å². The van der Waals surface area contributed by atoms with Crippen molar-refractivity contribution in [3.05, 3.63) is 24.3 Å². The number of rotatable bonds is 4. The van der Waals surface area contributed by atoms with Crippen LogP contribution in [-0.2, 0) is 4.79 Å². The average molecular weight is 414 g/mol. The molecule has 3 fully saturated rings. The van der Waals surface area contributed by atoms with E-state index in [-0.39, 0.29) is 30.7 Å². The summed E-state index contributed by atoms with van der Waals surface area (Å²) in [6.07, 6.45) is 10.7. The van der Waals surface area contributed by atoms with Gasteiger partial charge in [-0.25, -0.2) is 0 Å². The lowest BCUT2D eigenvalue weighted by Gasteiger charge is -2.29. The molecule has 4 rings (SSSR count). The first-order chi connectivity index (χ1) is 12.3.